The third kappa shape index (κ3) is 5.27. The fraction of sp³-hybridized carbons (Fsp3) is 0.263. The van der Waals surface area contributed by atoms with E-state index in [4.69, 9.17) is 15.2 Å². The topological polar surface area (TPSA) is 117 Å². The molecule has 8 nitrogen and oxygen atoms in total. The van der Waals surface area contributed by atoms with Gasteiger partial charge in [-0.1, -0.05) is 23.8 Å². The van der Waals surface area contributed by atoms with E-state index < -0.39 is 11.9 Å². The summed E-state index contributed by atoms with van der Waals surface area (Å²) in [5.41, 5.74) is 5.62. The van der Waals surface area contributed by atoms with Crippen molar-refractivity contribution in [2.45, 2.75) is 13.8 Å². The maximum atomic E-state index is 9.55. The number of aliphatic carboxylic acids is 2. The van der Waals surface area contributed by atoms with E-state index in [0.29, 0.717) is 12.2 Å². The van der Waals surface area contributed by atoms with Gasteiger partial charge in [0.2, 0.25) is 0 Å². The van der Waals surface area contributed by atoms with Crippen LogP contribution in [0.5, 0.6) is 0 Å². The van der Waals surface area contributed by atoms with Crippen LogP contribution in [-0.2, 0) is 16.6 Å². The highest BCUT2D eigenvalue weighted by molar-refractivity contribution is 6.16. The van der Waals surface area contributed by atoms with E-state index in [2.05, 4.69) is 41.6 Å². The molecule has 0 unspecified atom stereocenters. The summed E-state index contributed by atoms with van der Waals surface area (Å²) in [6, 6.07) is 8.49. The first-order valence-corrected chi connectivity index (χ1v) is 8.33. The molecule has 2 heterocycles. The van der Waals surface area contributed by atoms with E-state index in [-0.39, 0.29) is 0 Å². The van der Waals surface area contributed by atoms with Crippen molar-refractivity contribution in [2.75, 3.05) is 18.4 Å². The normalized spacial score (nSPS) is 12.9. The molecule has 0 bridgehead atoms. The standard InChI is InChI=1S/C15H18N4.C4H4O4/c1-10-5-4-6-12(9-10)14-13-11(2)18-19(3)15(13)17-8-7-16-14;5-3(6)1-2-4(7)8/h4-6,9,17H,7-8H2,1-3H3;1-2H,(H,5,6)(H,7,8)/b;2-1+. The highest BCUT2D eigenvalue weighted by atomic mass is 16.4. The summed E-state index contributed by atoms with van der Waals surface area (Å²) in [4.78, 5) is 23.9. The van der Waals surface area contributed by atoms with Gasteiger partial charge < -0.3 is 15.5 Å². The number of rotatable bonds is 3. The summed E-state index contributed by atoms with van der Waals surface area (Å²) in [7, 11) is 1.97. The number of aryl methyl sites for hydroxylation is 3. The Balaban J connectivity index is 0.000000279. The largest absolute Gasteiger partial charge is 0.478 e. The second-order valence-electron chi connectivity index (χ2n) is 5.97. The molecule has 1 aliphatic heterocycles. The van der Waals surface area contributed by atoms with Crippen LogP contribution >= 0.6 is 0 Å². The van der Waals surface area contributed by atoms with E-state index in [1.165, 1.54) is 11.1 Å². The Morgan fingerprint density at radius 1 is 1.19 bits per heavy atom. The van der Waals surface area contributed by atoms with Crippen LogP contribution in [0.2, 0.25) is 0 Å². The van der Waals surface area contributed by atoms with Crippen LogP contribution in [0, 0.1) is 13.8 Å². The number of hydrogen-bond acceptors (Lipinski definition) is 5. The molecular formula is C19H22N4O4. The minimum Gasteiger partial charge on any atom is -0.478 e. The Morgan fingerprint density at radius 2 is 1.85 bits per heavy atom. The summed E-state index contributed by atoms with van der Waals surface area (Å²) >= 11 is 0. The van der Waals surface area contributed by atoms with Crippen LogP contribution in [-0.4, -0.2) is 50.7 Å². The number of carboxylic acid groups (broad SMARTS) is 2. The molecule has 3 N–H and O–H groups in total. The maximum absolute atomic E-state index is 9.55. The lowest BCUT2D eigenvalue weighted by Gasteiger charge is -2.08. The summed E-state index contributed by atoms with van der Waals surface area (Å²) in [6.07, 6.45) is 1.12. The van der Waals surface area contributed by atoms with Crippen molar-refractivity contribution < 1.29 is 19.8 Å². The molecule has 1 aliphatic rings. The van der Waals surface area contributed by atoms with E-state index in [1.807, 2.05) is 18.7 Å². The quantitative estimate of drug-likeness (QED) is 0.712. The first kappa shape index (κ1) is 19.9. The van der Waals surface area contributed by atoms with Gasteiger partial charge in [-0.3, -0.25) is 9.67 Å². The smallest absolute Gasteiger partial charge is 0.328 e. The monoisotopic (exact) mass is 370 g/mol. The number of carbonyl (C=O) groups is 2. The Labute approximate surface area is 156 Å². The number of carboxylic acids is 2. The molecule has 1 aromatic heterocycles. The SMILES string of the molecule is Cc1cccc(C2=NCCNc3c2c(C)nn3C)c1.O=C(O)/C=C/C(=O)O. The number of aliphatic imine (C=N–C) groups is 1. The predicted molar refractivity (Wildman–Crippen MR) is 103 cm³/mol. The van der Waals surface area contributed by atoms with E-state index in [9.17, 15) is 9.59 Å². The molecule has 0 atom stereocenters. The number of anilines is 1. The van der Waals surface area contributed by atoms with Gasteiger partial charge in [-0.15, -0.1) is 0 Å². The van der Waals surface area contributed by atoms with Crippen LogP contribution < -0.4 is 5.32 Å². The van der Waals surface area contributed by atoms with Crippen LogP contribution in [0.3, 0.4) is 0 Å². The second kappa shape index (κ2) is 8.79. The minimum absolute atomic E-state index is 0.558. The van der Waals surface area contributed by atoms with Gasteiger partial charge in [-0.2, -0.15) is 5.10 Å². The zero-order chi connectivity index (χ0) is 20.0. The number of aromatic nitrogens is 2. The zero-order valence-corrected chi connectivity index (χ0v) is 15.4. The van der Waals surface area contributed by atoms with Crippen molar-refractivity contribution in [3.8, 4) is 0 Å². The Morgan fingerprint density at radius 3 is 2.44 bits per heavy atom. The molecule has 0 aliphatic carbocycles. The van der Waals surface area contributed by atoms with Gasteiger partial charge in [0.05, 0.1) is 23.5 Å². The third-order valence-corrected chi connectivity index (χ3v) is 3.79. The lowest BCUT2D eigenvalue weighted by molar-refractivity contribution is -0.134. The summed E-state index contributed by atoms with van der Waals surface area (Å²) < 4.78 is 1.90. The number of hydrogen-bond donors (Lipinski definition) is 3. The first-order valence-electron chi connectivity index (χ1n) is 8.33. The van der Waals surface area contributed by atoms with Gasteiger partial charge in [-0.05, 0) is 19.9 Å². The molecule has 8 heteroatoms. The summed E-state index contributed by atoms with van der Waals surface area (Å²) in [6.45, 7) is 5.78. The molecule has 0 saturated carbocycles. The third-order valence-electron chi connectivity index (χ3n) is 3.79. The Bertz CT molecular complexity index is 896. The van der Waals surface area contributed by atoms with Gasteiger partial charge in [0.25, 0.3) is 0 Å². The van der Waals surface area contributed by atoms with E-state index >= 15 is 0 Å². The molecule has 3 rings (SSSR count). The van der Waals surface area contributed by atoms with Crippen molar-refractivity contribution in [2.24, 2.45) is 12.0 Å². The average Bonchev–Trinajstić information content (AvgIpc) is 2.77. The molecular weight excluding hydrogens is 348 g/mol. The molecule has 142 valence electrons. The van der Waals surface area contributed by atoms with Crippen LogP contribution in [0.25, 0.3) is 0 Å². The van der Waals surface area contributed by atoms with Crippen molar-refractivity contribution in [3.05, 3.63) is 58.8 Å². The second-order valence-corrected chi connectivity index (χ2v) is 5.97. The van der Waals surface area contributed by atoms with Crippen molar-refractivity contribution in [3.63, 3.8) is 0 Å². The van der Waals surface area contributed by atoms with Gasteiger partial charge in [0.15, 0.2) is 0 Å². The lowest BCUT2D eigenvalue weighted by atomic mass is 10.0. The maximum Gasteiger partial charge on any atom is 0.328 e. The van der Waals surface area contributed by atoms with E-state index in [0.717, 1.165) is 35.9 Å². The molecule has 0 amide bonds. The number of nitrogens with one attached hydrogen (secondary N) is 1. The first-order chi connectivity index (χ1) is 12.8. The van der Waals surface area contributed by atoms with Crippen molar-refractivity contribution in [1.29, 1.82) is 0 Å². The fourth-order valence-corrected chi connectivity index (χ4v) is 2.74. The highest BCUT2D eigenvalue weighted by Crippen LogP contribution is 2.25. The van der Waals surface area contributed by atoms with E-state index in [1.54, 1.807) is 0 Å². The molecule has 1 aromatic carbocycles. The van der Waals surface area contributed by atoms with Crippen LogP contribution in [0.15, 0.2) is 41.4 Å². The number of benzene rings is 1. The van der Waals surface area contributed by atoms with Crippen LogP contribution in [0.1, 0.15) is 22.4 Å². The average molecular weight is 370 g/mol. The van der Waals surface area contributed by atoms with Crippen molar-refractivity contribution in [1.82, 2.24) is 9.78 Å². The fourth-order valence-electron chi connectivity index (χ4n) is 2.74. The summed E-state index contributed by atoms with van der Waals surface area (Å²) in [5.74, 6) is -1.45. The Hall–Kier alpha value is -3.42. The van der Waals surface area contributed by atoms with Gasteiger partial charge in [0.1, 0.15) is 5.82 Å². The molecule has 27 heavy (non-hydrogen) atoms. The van der Waals surface area contributed by atoms with Gasteiger partial charge >= 0.3 is 11.9 Å². The summed E-state index contributed by atoms with van der Waals surface area (Å²) in [5, 5.41) is 23.5. The Kier molecular flexibility index (Phi) is 6.48. The molecule has 0 radical (unpaired) electrons. The lowest BCUT2D eigenvalue weighted by Crippen LogP contribution is -2.08. The molecule has 2 aromatic rings. The molecule has 0 spiro atoms. The highest BCUT2D eigenvalue weighted by Gasteiger charge is 2.21. The zero-order valence-electron chi connectivity index (χ0n) is 15.4. The predicted octanol–water partition coefficient (Wildman–Crippen LogP) is 2.01. The number of nitrogens with zero attached hydrogens (tertiary/aromatic N) is 3. The van der Waals surface area contributed by atoms with Crippen LogP contribution in [0.4, 0.5) is 5.82 Å². The van der Waals surface area contributed by atoms with Crippen molar-refractivity contribution >= 4 is 23.5 Å². The van der Waals surface area contributed by atoms with Gasteiger partial charge in [-0.25, -0.2) is 9.59 Å². The van der Waals surface area contributed by atoms with Gasteiger partial charge in [0, 0.05) is 31.3 Å². The minimum atomic E-state index is -1.26. The molecule has 0 fully saturated rings. The number of fused-ring (bicyclic) bond motifs is 1. The molecule has 0 saturated heterocycles.